The Morgan fingerprint density at radius 2 is 1.80 bits per heavy atom. The second-order valence-electron chi connectivity index (χ2n) is 7.35. The summed E-state index contributed by atoms with van der Waals surface area (Å²) in [5.41, 5.74) is 1.93. The van der Waals surface area contributed by atoms with Crippen LogP contribution in [-0.4, -0.2) is 64.3 Å². The maximum atomic E-state index is 12.8. The Kier molecular flexibility index (Phi) is 4.81. The molecule has 2 aliphatic heterocycles. The van der Waals surface area contributed by atoms with Crippen molar-refractivity contribution in [1.29, 1.82) is 0 Å². The van der Waals surface area contributed by atoms with Crippen molar-refractivity contribution in [2.75, 3.05) is 20.2 Å². The molecule has 1 fully saturated rings. The molecule has 9 heteroatoms. The van der Waals surface area contributed by atoms with Gasteiger partial charge < -0.3 is 14.0 Å². The van der Waals surface area contributed by atoms with Crippen molar-refractivity contribution in [1.82, 2.24) is 14.4 Å². The molecule has 2 aromatic rings. The van der Waals surface area contributed by atoms with E-state index in [1.165, 1.54) is 7.05 Å². The first-order valence-electron chi connectivity index (χ1n) is 9.50. The second kappa shape index (κ2) is 7.33. The van der Waals surface area contributed by atoms with Crippen molar-refractivity contribution in [3.05, 3.63) is 47.3 Å². The van der Waals surface area contributed by atoms with Crippen LogP contribution in [0.5, 0.6) is 11.5 Å². The molecule has 156 valence electrons. The lowest BCUT2D eigenvalue weighted by molar-refractivity contribution is -0.142. The number of carbonyl (C=O) groups is 4. The highest BCUT2D eigenvalue weighted by atomic mass is 16.6. The number of amides is 4. The molecule has 4 rings (SSSR count). The van der Waals surface area contributed by atoms with Gasteiger partial charge in [0.1, 0.15) is 6.61 Å². The van der Waals surface area contributed by atoms with Gasteiger partial charge >= 0.3 is 17.8 Å². The molecule has 1 saturated heterocycles. The number of ether oxygens (including phenoxy) is 2. The Morgan fingerprint density at radius 3 is 2.47 bits per heavy atom. The molecule has 0 spiro atoms. The number of aryl methyl sites for hydroxylation is 1. The lowest BCUT2D eigenvalue weighted by Crippen LogP contribution is -2.36. The molecule has 2 aliphatic rings. The van der Waals surface area contributed by atoms with Crippen LogP contribution in [0, 0.1) is 13.8 Å². The predicted octanol–water partition coefficient (Wildman–Crippen LogP) is 1.55. The van der Waals surface area contributed by atoms with Gasteiger partial charge in [0, 0.05) is 24.0 Å². The molecule has 30 heavy (non-hydrogen) atoms. The number of nitrogens with zero attached hydrogens (tertiary/aromatic N) is 3. The first-order valence-corrected chi connectivity index (χ1v) is 9.50. The molecular formula is C21H21N3O6. The van der Waals surface area contributed by atoms with Gasteiger partial charge in [-0.15, -0.1) is 0 Å². The summed E-state index contributed by atoms with van der Waals surface area (Å²) in [6.07, 6.45) is -0.235. The van der Waals surface area contributed by atoms with Crippen molar-refractivity contribution >= 4 is 23.6 Å². The Labute approximate surface area is 172 Å². The average Bonchev–Trinajstić information content (AvgIpc) is 3.12. The summed E-state index contributed by atoms with van der Waals surface area (Å²) < 4.78 is 13.7. The van der Waals surface area contributed by atoms with Gasteiger partial charge in [-0.1, -0.05) is 12.1 Å². The quantitative estimate of drug-likeness (QED) is 0.421. The lowest BCUT2D eigenvalue weighted by atomic mass is 10.1. The Hall–Kier alpha value is -3.62. The zero-order valence-electron chi connectivity index (χ0n) is 16.9. The van der Waals surface area contributed by atoms with E-state index in [-0.39, 0.29) is 6.10 Å². The minimum atomic E-state index is -0.990. The van der Waals surface area contributed by atoms with Crippen LogP contribution < -0.4 is 9.47 Å². The number of ketones is 1. The van der Waals surface area contributed by atoms with E-state index in [9.17, 15) is 19.2 Å². The molecule has 1 atom stereocenters. The van der Waals surface area contributed by atoms with Crippen molar-refractivity contribution in [3.63, 3.8) is 0 Å². The Morgan fingerprint density at radius 1 is 1.10 bits per heavy atom. The van der Waals surface area contributed by atoms with E-state index in [2.05, 4.69) is 0 Å². The molecule has 0 saturated carbocycles. The third-order valence-corrected chi connectivity index (χ3v) is 5.38. The first kappa shape index (κ1) is 19.7. The summed E-state index contributed by atoms with van der Waals surface area (Å²) in [4.78, 5) is 49.8. The van der Waals surface area contributed by atoms with Gasteiger partial charge in [0.15, 0.2) is 23.4 Å². The number of fused-ring (bicyclic) bond motifs is 1. The minimum absolute atomic E-state index is 0.235. The maximum Gasteiger partial charge on any atom is 0.334 e. The number of hydrogen-bond donors (Lipinski definition) is 0. The molecule has 0 aliphatic carbocycles. The standard InChI is InChI=1S/C21H21N3O6/c1-12-8-15(16(25)10-24-20(27)19(26)22(3)21(24)28)13(2)23(12)9-14-11-29-17-6-4-5-7-18(17)30-14/h4-8,14H,9-11H2,1-3H3/t14-/m0/s1. The van der Waals surface area contributed by atoms with E-state index >= 15 is 0 Å². The van der Waals surface area contributed by atoms with E-state index < -0.39 is 30.2 Å². The minimum Gasteiger partial charge on any atom is -0.486 e. The van der Waals surface area contributed by atoms with Crippen LogP contribution in [-0.2, 0) is 16.1 Å². The fourth-order valence-electron chi connectivity index (χ4n) is 3.70. The maximum absolute atomic E-state index is 12.8. The van der Waals surface area contributed by atoms with Gasteiger partial charge in [-0.05, 0) is 32.0 Å². The summed E-state index contributed by atoms with van der Waals surface area (Å²) in [7, 11) is 1.21. The normalized spacial score (nSPS) is 18.4. The van der Waals surface area contributed by atoms with Crippen LogP contribution in [0.25, 0.3) is 0 Å². The Balaban J connectivity index is 1.50. The molecule has 1 aromatic heterocycles. The monoisotopic (exact) mass is 411 g/mol. The van der Waals surface area contributed by atoms with Crippen LogP contribution in [0.1, 0.15) is 21.7 Å². The summed E-state index contributed by atoms with van der Waals surface area (Å²) >= 11 is 0. The second-order valence-corrected chi connectivity index (χ2v) is 7.35. The fourth-order valence-corrected chi connectivity index (χ4v) is 3.70. The Bertz CT molecular complexity index is 1070. The molecule has 1 aromatic carbocycles. The molecular weight excluding hydrogens is 390 g/mol. The van der Waals surface area contributed by atoms with E-state index in [1.807, 2.05) is 35.8 Å². The molecule has 3 heterocycles. The van der Waals surface area contributed by atoms with E-state index in [0.717, 1.165) is 5.69 Å². The molecule has 0 bridgehead atoms. The molecule has 0 radical (unpaired) electrons. The van der Waals surface area contributed by atoms with Gasteiger partial charge in [0.25, 0.3) is 0 Å². The highest BCUT2D eigenvalue weighted by molar-refractivity contribution is 6.45. The predicted molar refractivity (Wildman–Crippen MR) is 104 cm³/mol. The summed E-state index contributed by atoms with van der Waals surface area (Å²) in [6, 6.07) is 8.36. The van der Waals surface area contributed by atoms with Gasteiger partial charge in [0.05, 0.1) is 13.1 Å². The summed E-state index contributed by atoms with van der Waals surface area (Å²) in [6.45, 7) is 4.03. The van der Waals surface area contributed by atoms with E-state index in [4.69, 9.17) is 9.47 Å². The number of likely N-dealkylation sites (N-methyl/N-ethyl adjacent to an activating group) is 1. The zero-order valence-corrected chi connectivity index (χ0v) is 16.9. The highest BCUT2D eigenvalue weighted by Crippen LogP contribution is 2.31. The van der Waals surface area contributed by atoms with E-state index in [0.29, 0.717) is 45.7 Å². The first-order chi connectivity index (χ1) is 14.3. The van der Waals surface area contributed by atoms with Crippen molar-refractivity contribution in [3.8, 4) is 11.5 Å². The van der Waals surface area contributed by atoms with Crippen LogP contribution in [0.4, 0.5) is 4.79 Å². The van der Waals surface area contributed by atoms with Gasteiger partial charge in [-0.3, -0.25) is 19.3 Å². The number of hydrogen-bond acceptors (Lipinski definition) is 6. The number of carbonyl (C=O) groups excluding carboxylic acids is 4. The number of para-hydroxylation sites is 2. The number of urea groups is 1. The van der Waals surface area contributed by atoms with Crippen molar-refractivity contribution < 1.29 is 28.7 Å². The number of imide groups is 2. The lowest BCUT2D eigenvalue weighted by Gasteiger charge is -2.27. The van der Waals surface area contributed by atoms with Gasteiger partial charge in [0.2, 0.25) is 0 Å². The van der Waals surface area contributed by atoms with Gasteiger partial charge in [-0.25, -0.2) is 9.69 Å². The van der Waals surface area contributed by atoms with Crippen LogP contribution in [0.2, 0.25) is 0 Å². The van der Waals surface area contributed by atoms with Crippen molar-refractivity contribution in [2.45, 2.75) is 26.5 Å². The average molecular weight is 411 g/mol. The highest BCUT2D eigenvalue weighted by Gasteiger charge is 2.43. The summed E-state index contributed by atoms with van der Waals surface area (Å²) in [5.74, 6) is -0.966. The van der Waals surface area contributed by atoms with Crippen LogP contribution in [0.15, 0.2) is 30.3 Å². The fraction of sp³-hybridized carbons (Fsp3) is 0.333. The molecule has 0 N–H and O–H groups in total. The van der Waals surface area contributed by atoms with Crippen LogP contribution in [0.3, 0.4) is 0 Å². The van der Waals surface area contributed by atoms with Crippen molar-refractivity contribution in [2.24, 2.45) is 0 Å². The summed E-state index contributed by atoms with van der Waals surface area (Å²) in [5, 5.41) is 0. The van der Waals surface area contributed by atoms with Gasteiger partial charge in [-0.2, -0.15) is 0 Å². The molecule has 4 amide bonds. The van der Waals surface area contributed by atoms with Crippen LogP contribution >= 0.6 is 0 Å². The third-order valence-electron chi connectivity index (χ3n) is 5.38. The number of aromatic nitrogens is 1. The van der Waals surface area contributed by atoms with E-state index in [1.54, 1.807) is 13.0 Å². The third kappa shape index (κ3) is 3.22. The molecule has 0 unspecified atom stereocenters. The topological polar surface area (TPSA) is 98.2 Å². The number of Topliss-reactive ketones (excluding diaryl/α,β-unsaturated/α-hetero) is 1. The molecule has 9 nitrogen and oxygen atoms in total. The largest absolute Gasteiger partial charge is 0.486 e. The number of benzene rings is 1. The SMILES string of the molecule is Cc1cc(C(=O)CN2C(=O)C(=O)N(C)C2=O)c(C)n1C[C@H]1COc2ccccc2O1. The number of rotatable bonds is 5. The zero-order chi connectivity index (χ0) is 21.6. The smallest absolute Gasteiger partial charge is 0.334 e.